The predicted molar refractivity (Wildman–Crippen MR) is 168 cm³/mol. The first kappa shape index (κ1) is 31.1. The third-order valence-corrected chi connectivity index (χ3v) is 8.24. The summed E-state index contributed by atoms with van der Waals surface area (Å²) < 4.78 is 42.9. The van der Waals surface area contributed by atoms with Crippen LogP contribution in [0.5, 0.6) is 11.5 Å². The van der Waals surface area contributed by atoms with Gasteiger partial charge in [-0.1, -0.05) is 54.6 Å². The van der Waals surface area contributed by atoms with Crippen LogP contribution in [0.2, 0.25) is 0 Å². The van der Waals surface area contributed by atoms with E-state index in [4.69, 9.17) is 14.1 Å². The zero-order chi connectivity index (χ0) is 31.1. The van der Waals surface area contributed by atoms with Gasteiger partial charge in [0.1, 0.15) is 30.0 Å². The number of hydrogen-bond acceptors (Lipinski definition) is 10. The molecule has 12 nitrogen and oxygen atoms in total. The van der Waals surface area contributed by atoms with Gasteiger partial charge in [0.25, 0.3) is 0 Å². The van der Waals surface area contributed by atoms with Crippen LogP contribution in [0.15, 0.2) is 88.0 Å². The van der Waals surface area contributed by atoms with Crippen LogP contribution in [-0.4, -0.2) is 43.0 Å². The molecular formula is C30H28BrN5O7S. The monoisotopic (exact) mass is 681 g/mol. The molecule has 0 saturated heterocycles. The van der Waals surface area contributed by atoms with Crippen molar-refractivity contribution >= 4 is 42.7 Å². The van der Waals surface area contributed by atoms with Gasteiger partial charge in [-0.05, 0) is 55.1 Å². The van der Waals surface area contributed by atoms with E-state index in [1.165, 1.54) is 12.1 Å². The second-order valence-corrected chi connectivity index (χ2v) is 12.5. The highest BCUT2D eigenvalue weighted by atomic mass is 79.9. The third-order valence-electron chi connectivity index (χ3n) is 6.58. The van der Waals surface area contributed by atoms with Gasteiger partial charge in [-0.25, -0.2) is 17.8 Å². The standard InChI is InChI=1S/C30H28BrN5O7S/c1-44(39,40)33-13-12-32-17-23-15-27(36(37)38)29(16-28(23)41-18-20-10-11-25-26(14-20)35-43-34-25)42-19-22-8-5-9-24(30(22)31)21-6-3-2-4-7-21/h2-11,14-16,32-33H,12-13,17-19H2,1H3. The number of fused-ring (bicyclic) bond motifs is 1. The molecule has 0 aliphatic rings. The van der Waals surface area contributed by atoms with Crippen molar-refractivity contribution in [1.29, 1.82) is 0 Å². The van der Waals surface area contributed by atoms with Crippen molar-refractivity contribution in [2.75, 3.05) is 19.3 Å². The van der Waals surface area contributed by atoms with E-state index < -0.39 is 14.9 Å². The number of nitrogens with one attached hydrogen (secondary N) is 2. The number of benzene rings is 4. The maximum absolute atomic E-state index is 12.1. The number of nitrogens with zero attached hydrogens (tertiary/aromatic N) is 3. The third kappa shape index (κ3) is 7.96. The Kier molecular flexibility index (Phi) is 9.85. The topological polar surface area (TPSA) is 159 Å². The number of nitro groups is 1. The molecule has 4 aromatic carbocycles. The molecule has 5 aromatic rings. The molecule has 0 spiro atoms. The molecule has 0 fully saturated rings. The van der Waals surface area contributed by atoms with E-state index in [-0.39, 0.29) is 37.7 Å². The lowest BCUT2D eigenvalue weighted by atomic mass is 10.0. The minimum Gasteiger partial charge on any atom is -0.488 e. The molecule has 5 rings (SSSR count). The highest BCUT2D eigenvalue weighted by molar-refractivity contribution is 9.10. The summed E-state index contributed by atoms with van der Waals surface area (Å²) in [6.07, 6.45) is 1.07. The quantitative estimate of drug-likeness (QED) is 0.0888. The molecule has 0 aliphatic heterocycles. The summed E-state index contributed by atoms with van der Waals surface area (Å²) in [6.45, 7) is 0.819. The molecule has 14 heteroatoms. The van der Waals surface area contributed by atoms with Gasteiger partial charge in [0, 0.05) is 47.4 Å². The molecule has 0 aliphatic carbocycles. The summed E-state index contributed by atoms with van der Waals surface area (Å²) in [5.74, 6) is 0.408. The minimum absolute atomic E-state index is 0.0423. The molecule has 0 bridgehead atoms. The Morgan fingerprint density at radius 2 is 1.66 bits per heavy atom. The van der Waals surface area contributed by atoms with Crippen molar-refractivity contribution in [2.45, 2.75) is 19.8 Å². The second kappa shape index (κ2) is 13.9. The van der Waals surface area contributed by atoms with E-state index in [9.17, 15) is 18.5 Å². The normalized spacial score (nSPS) is 11.5. The molecule has 1 aromatic heterocycles. The highest BCUT2D eigenvalue weighted by Gasteiger charge is 2.22. The van der Waals surface area contributed by atoms with E-state index in [1.807, 2.05) is 54.6 Å². The van der Waals surface area contributed by atoms with Crippen molar-refractivity contribution in [3.05, 3.63) is 110 Å². The van der Waals surface area contributed by atoms with Gasteiger partial charge < -0.3 is 14.8 Å². The molecule has 44 heavy (non-hydrogen) atoms. The van der Waals surface area contributed by atoms with Gasteiger partial charge >= 0.3 is 5.69 Å². The molecule has 0 unspecified atom stereocenters. The molecule has 0 saturated carbocycles. The fourth-order valence-corrected chi connectivity index (χ4v) is 5.52. The van der Waals surface area contributed by atoms with Crippen LogP contribution in [0.4, 0.5) is 5.69 Å². The zero-order valence-electron chi connectivity index (χ0n) is 23.5. The average Bonchev–Trinajstić information content (AvgIpc) is 3.47. The predicted octanol–water partition coefficient (Wildman–Crippen LogP) is 5.36. The summed E-state index contributed by atoms with van der Waals surface area (Å²) in [5, 5.41) is 22.9. The van der Waals surface area contributed by atoms with Crippen molar-refractivity contribution in [1.82, 2.24) is 20.4 Å². The summed E-state index contributed by atoms with van der Waals surface area (Å²) in [5.41, 5.74) is 5.03. The van der Waals surface area contributed by atoms with Crippen molar-refractivity contribution in [2.24, 2.45) is 0 Å². The fourth-order valence-electron chi connectivity index (χ4n) is 4.44. The van der Waals surface area contributed by atoms with Crippen LogP contribution >= 0.6 is 15.9 Å². The van der Waals surface area contributed by atoms with E-state index in [1.54, 1.807) is 12.1 Å². The molecule has 0 atom stereocenters. The van der Waals surface area contributed by atoms with Crippen LogP contribution in [0.1, 0.15) is 16.7 Å². The summed E-state index contributed by atoms with van der Waals surface area (Å²) in [6, 6.07) is 23.9. The maximum atomic E-state index is 12.1. The van der Waals surface area contributed by atoms with Gasteiger partial charge in [-0.2, -0.15) is 0 Å². The molecule has 228 valence electrons. The van der Waals surface area contributed by atoms with Crippen molar-refractivity contribution in [3.63, 3.8) is 0 Å². The molecule has 1 heterocycles. The first-order valence-corrected chi connectivity index (χ1v) is 16.1. The van der Waals surface area contributed by atoms with Crippen LogP contribution in [0.3, 0.4) is 0 Å². The van der Waals surface area contributed by atoms with E-state index in [2.05, 4.69) is 36.3 Å². The molecule has 0 amide bonds. The first-order chi connectivity index (χ1) is 21.2. The Morgan fingerprint density at radius 3 is 2.43 bits per heavy atom. The number of ether oxygens (including phenoxy) is 2. The smallest absolute Gasteiger partial charge is 0.311 e. The SMILES string of the molecule is CS(=O)(=O)NCCNCc1cc([N+](=O)[O-])c(OCc2cccc(-c3ccccc3)c2Br)cc1OCc1ccc2nonc2c1. The Bertz CT molecular complexity index is 1880. The van der Waals surface area contributed by atoms with E-state index in [0.717, 1.165) is 33.0 Å². The number of hydrogen-bond donors (Lipinski definition) is 2. The van der Waals surface area contributed by atoms with E-state index in [0.29, 0.717) is 28.9 Å². The minimum atomic E-state index is -3.34. The number of halogens is 1. The largest absolute Gasteiger partial charge is 0.488 e. The Hall–Kier alpha value is -4.37. The maximum Gasteiger partial charge on any atom is 0.311 e. The Labute approximate surface area is 261 Å². The lowest BCUT2D eigenvalue weighted by molar-refractivity contribution is -0.386. The van der Waals surface area contributed by atoms with Gasteiger partial charge in [0.15, 0.2) is 0 Å². The zero-order valence-corrected chi connectivity index (χ0v) is 25.9. The molecule has 2 N–H and O–H groups in total. The lowest BCUT2D eigenvalue weighted by Gasteiger charge is -2.16. The highest BCUT2D eigenvalue weighted by Crippen LogP contribution is 2.37. The van der Waals surface area contributed by atoms with Crippen LogP contribution in [0.25, 0.3) is 22.2 Å². The number of nitro benzene ring substituents is 1. The Morgan fingerprint density at radius 1 is 0.886 bits per heavy atom. The van der Waals surface area contributed by atoms with Gasteiger partial charge in [0.2, 0.25) is 15.8 Å². The second-order valence-electron chi connectivity index (χ2n) is 9.84. The fraction of sp³-hybridized carbons (Fsp3) is 0.200. The van der Waals surface area contributed by atoms with Gasteiger partial charge in [-0.3, -0.25) is 10.1 Å². The molecular weight excluding hydrogens is 654 g/mol. The van der Waals surface area contributed by atoms with Gasteiger partial charge in [-0.15, -0.1) is 0 Å². The van der Waals surface area contributed by atoms with Crippen LogP contribution in [-0.2, 0) is 29.8 Å². The summed E-state index contributed by atoms with van der Waals surface area (Å²) >= 11 is 3.68. The average molecular weight is 683 g/mol. The number of aromatic nitrogens is 2. The Balaban J connectivity index is 1.40. The van der Waals surface area contributed by atoms with E-state index >= 15 is 0 Å². The number of sulfonamides is 1. The first-order valence-electron chi connectivity index (χ1n) is 13.4. The van der Waals surface area contributed by atoms with Crippen LogP contribution < -0.4 is 19.5 Å². The van der Waals surface area contributed by atoms with Crippen LogP contribution in [0, 0.1) is 10.1 Å². The lowest BCUT2D eigenvalue weighted by Crippen LogP contribution is -2.30. The van der Waals surface area contributed by atoms with Crippen molar-refractivity contribution in [3.8, 4) is 22.6 Å². The summed E-state index contributed by atoms with van der Waals surface area (Å²) in [4.78, 5) is 11.6. The molecule has 0 radical (unpaired) electrons. The summed E-state index contributed by atoms with van der Waals surface area (Å²) in [7, 11) is -3.34. The number of rotatable bonds is 14. The van der Waals surface area contributed by atoms with Crippen molar-refractivity contribution < 1.29 is 27.4 Å². The van der Waals surface area contributed by atoms with Gasteiger partial charge in [0.05, 0.1) is 11.2 Å².